The molecule has 0 aromatic heterocycles. The predicted octanol–water partition coefficient (Wildman–Crippen LogP) is 4.28. The smallest absolute Gasteiger partial charge is 0.123 e. The van der Waals surface area contributed by atoms with Crippen molar-refractivity contribution in [2.75, 3.05) is 0 Å². The molecule has 3 heteroatoms. The minimum atomic E-state index is -0.159. The summed E-state index contributed by atoms with van der Waals surface area (Å²) in [6, 6.07) is 4.96. The van der Waals surface area contributed by atoms with Crippen LogP contribution in [0.3, 0.4) is 0 Å². The van der Waals surface area contributed by atoms with Crippen LogP contribution in [0.15, 0.2) is 22.7 Å². The quantitative estimate of drug-likeness (QED) is 0.856. The van der Waals surface area contributed by atoms with E-state index >= 15 is 0 Å². The largest absolute Gasteiger partial charge is 0.325 e. The normalized spacial score (nSPS) is 42.1. The van der Waals surface area contributed by atoms with E-state index in [-0.39, 0.29) is 11.4 Å². The zero-order valence-corrected chi connectivity index (χ0v) is 13.2. The molecule has 108 valence electrons. The second kappa shape index (κ2) is 4.54. The van der Waals surface area contributed by atoms with Crippen molar-refractivity contribution >= 4 is 15.9 Å². The lowest BCUT2D eigenvalue weighted by Crippen LogP contribution is -2.51. The molecule has 0 spiro atoms. The molecule has 5 atom stereocenters. The third-order valence-electron chi connectivity index (χ3n) is 6.21. The molecule has 0 radical (unpaired) electrons. The van der Waals surface area contributed by atoms with Gasteiger partial charge in [-0.3, -0.25) is 0 Å². The molecule has 20 heavy (non-hydrogen) atoms. The lowest BCUT2D eigenvalue weighted by molar-refractivity contribution is 0.156. The summed E-state index contributed by atoms with van der Waals surface area (Å²) in [5, 5.41) is 0. The topological polar surface area (TPSA) is 26.0 Å². The molecule has 3 aliphatic carbocycles. The van der Waals surface area contributed by atoms with Gasteiger partial charge in [0.2, 0.25) is 0 Å². The first-order valence-corrected chi connectivity index (χ1v) is 8.59. The molecule has 1 aromatic carbocycles. The Morgan fingerprint density at radius 1 is 1.30 bits per heavy atom. The van der Waals surface area contributed by atoms with Gasteiger partial charge in [0.05, 0.1) is 0 Å². The predicted molar refractivity (Wildman–Crippen MR) is 81.8 cm³/mol. The van der Waals surface area contributed by atoms with Gasteiger partial charge in [-0.2, -0.15) is 0 Å². The van der Waals surface area contributed by atoms with E-state index in [4.69, 9.17) is 5.73 Å². The number of benzene rings is 1. The standard InChI is InChI=1S/C17H21BrFN/c18-16-5-4-12(19)6-11(16)9-17(20)8-10-7-15(17)14-3-1-2-13(10)14/h4-6,10,13-15H,1-3,7-9,20H2. The summed E-state index contributed by atoms with van der Waals surface area (Å²) in [5.41, 5.74) is 7.74. The maximum Gasteiger partial charge on any atom is 0.123 e. The fraction of sp³-hybridized carbons (Fsp3) is 0.647. The maximum atomic E-state index is 13.5. The number of halogens is 2. The van der Waals surface area contributed by atoms with E-state index in [1.165, 1.54) is 31.7 Å². The van der Waals surface area contributed by atoms with Crippen LogP contribution >= 0.6 is 15.9 Å². The van der Waals surface area contributed by atoms with Gasteiger partial charge < -0.3 is 5.73 Å². The second-order valence-electron chi connectivity index (χ2n) is 7.21. The van der Waals surface area contributed by atoms with Gasteiger partial charge in [0.25, 0.3) is 0 Å². The van der Waals surface area contributed by atoms with Gasteiger partial charge in [-0.25, -0.2) is 4.39 Å². The van der Waals surface area contributed by atoms with E-state index in [0.29, 0.717) is 5.92 Å². The van der Waals surface area contributed by atoms with Crippen LogP contribution in [0, 0.1) is 29.5 Å². The van der Waals surface area contributed by atoms with Crippen LogP contribution in [-0.2, 0) is 6.42 Å². The number of hydrogen-bond acceptors (Lipinski definition) is 1. The van der Waals surface area contributed by atoms with Gasteiger partial charge in [-0.1, -0.05) is 22.4 Å². The lowest BCUT2D eigenvalue weighted by Gasteiger charge is -2.40. The monoisotopic (exact) mass is 337 g/mol. The molecule has 1 aromatic rings. The fourth-order valence-electron chi connectivity index (χ4n) is 5.55. The molecular weight excluding hydrogens is 317 g/mol. The average Bonchev–Trinajstić information content (AvgIpc) is 3.04. The van der Waals surface area contributed by atoms with Gasteiger partial charge in [0.15, 0.2) is 0 Å². The third-order valence-corrected chi connectivity index (χ3v) is 6.99. The van der Waals surface area contributed by atoms with Crippen LogP contribution in [0.2, 0.25) is 0 Å². The van der Waals surface area contributed by atoms with Crippen molar-refractivity contribution < 1.29 is 4.39 Å². The minimum absolute atomic E-state index is 0.105. The summed E-state index contributed by atoms with van der Waals surface area (Å²) in [7, 11) is 0. The number of hydrogen-bond donors (Lipinski definition) is 1. The van der Waals surface area contributed by atoms with Crippen molar-refractivity contribution in [3.8, 4) is 0 Å². The van der Waals surface area contributed by atoms with Crippen molar-refractivity contribution in [1.82, 2.24) is 0 Å². The molecule has 0 aliphatic heterocycles. The molecule has 3 fully saturated rings. The van der Waals surface area contributed by atoms with Crippen LogP contribution in [0.4, 0.5) is 4.39 Å². The maximum absolute atomic E-state index is 13.5. The summed E-state index contributed by atoms with van der Waals surface area (Å²) in [6.07, 6.45) is 7.46. The van der Waals surface area contributed by atoms with E-state index in [9.17, 15) is 4.39 Å². The highest BCUT2D eigenvalue weighted by atomic mass is 79.9. The Labute approximate surface area is 128 Å². The Morgan fingerprint density at radius 2 is 2.10 bits per heavy atom. The van der Waals surface area contributed by atoms with Gasteiger partial charge in [0, 0.05) is 10.0 Å². The van der Waals surface area contributed by atoms with E-state index in [1.54, 1.807) is 12.1 Å². The van der Waals surface area contributed by atoms with E-state index < -0.39 is 0 Å². The van der Waals surface area contributed by atoms with Gasteiger partial charge in [-0.05, 0) is 79.5 Å². The van der Waals surface area contributed by atoms with Crippen molar-refractivity contribution in [2.45, 2.75) is 44.1 Å². The van der Waals surface area contributed by atoms with E-state index in [2.05, 4.69) is 15.9 Å². The molecule has 1 nitrogen and oxygen atoms in total. The van der Waals surface area contributed by atoms with E-state index in [0.717, 1.165) is 40.6 Å². The van der Waals surface area contributed by atoms with E-state index in [1.807, 2.05) is 0 Å². The highest BCUT2D eigenvalue weighted by Gasteiger charge is 2.59. The molecule has 0 saturated heterocycles. The van der Waals surface area contributed by atoms with Crippen molar-refractivity contribution in [3.63, 3.8) is 0 Å². The second-order valence-corrected chi connectivity index (χ2v) is 8.07. The summed E-state index contributed by atoms with van der Waals surface area (Å²) in [4.78, 5) is 0. The van der Waals surface area contributed by atoms with Crippen LogP contribution in [-0.4, -0.2) is 5.54 Å². The minimum Gasteiger partial charge on any atom is -0.325 e. The summed E-state index contributed by atoms with van der Waals surface area (Å²) in [6.45, 7) is 0. The van der Waals surface area contributed by atoms with Gasteiger partial charge >= 0.3 is 0 Å². The Bertz CT molecular complexity index is 546. The first kappa shape index (κ1) is 13.3. The van der Waals surface area contributed by atoms with Crippen molar-refractivity contribution in [2.24, 2.45) is 29.4 Å². The van der Waals surface area contributed by atoms with Crippen molar-refractivity contribution in [3.05, 3.63) is 34.1 Å². The Morgan fingerprint density at radius 3 is 2.95 bits per heavy atom. The molecule has 0 amide bonds. The van der Waals surface area contributed by atoms with Crippen molar-refractivity contribution in [1.29, 1.82) is 0 Å². The average molecular weight is 338 g/mol. The SMILES string of the molecule is NC1(Cc2cc(F)ccc2Br)CC2CC1C1CCCC21. The van der Waals surface area contributed by atoms with Gasteiger partial charge in [-0.15, -0.1) is 0 Å². The van der Waals surface area contributed by atoms with Crippen LogP contribution in [0.1, 0.15) is 37.7 Å². The van der Waals surface area contributed by atoms with Crippen LogP contribution < -0.4 is 5.73 Å². The first-order valence-electron chi connectivity index (χ1n) is 7.80. The Kier molecular flexibility index (Phi) is 3.01. The van der Waals surface area contributed by atoms with Gasteiger partial charge in [0.1, 0.15) is 5.82 Å². The molecule has 0 heterocycles. The highest BCUT2D eigenvalue weighted by Crippen LogP contribution is 2.62. The van der Waals surface area contributed by atoms with Crippen LogP contribution in [0.5, 0.6) is 0 Å². The molecule has 3 aliphatic rings. The molecule has 2 bridgehead atoms. The first-order chi connectivity index (χ1) is 9.57. The summed E-state index contributed by atoms with van der Waals surface area (Å²) in [5.74, 6) is 3.15. The van der Waals surface area contributed by atoms with Crippen LogP contribution in [0.25, 0.3) is 0 Å². The zero-order chi connectivity index (χ0) is 13.9. The summed E-state index contributed by atoms with van der Waals surface area (Å²) >= 11 is 3.55. The molecule has 4 rings (SSSR count). The molecule has 3 saturated carbocycles. The number of nitrogens with two attached hydrogens (primary N) is 1. The highest BCUT2D eigenvalue weighted by molar-refractivity contribution is 9.10. The molecule has 2 N–H and O–H groups in total. The molecule has 5 unspecified atom stereocenters. The lowest BCUT2D eigenvalue weighted by atomic mass is 9.69. The number of rotatable bonds is 2. The Balaban J connectivity index is 1.61. The zero-order valence-electron chi connectivity index (χ0n) is 11.6. The number of fused-ring (bicyclic) bond motifs is 5. The Hall–Kier alpha value is -0.410. The molecular formula is C17H21BrFN. The fourth-order valence-corrected chi connectivity index (χ4v) is 5.94. The third kappa shape index (κ3) is 1.89. The summed E-state index contributed by atoms with van der Waals surface area (Å²) < 4.78 is 14.5.